The van der Waals surface area contributed by atoms with Crippen LogP contribution in [0.25, 0.3) is 0 Å². The lowest BCUT2D eigenvalue weighted by atomic mass is 9.96. The number of nitrogens with one attached hydrogen (secondary N) is 2. The van der Waals surface area contributed by atoms with Gasteiger partial charge in [0.15, 0.2) is 0 Å². The number of hydrogen-bond donors (Lipinski definition) is 2. The number of hydrogen-bond acceptors (Lipinski definition) is 3. The number of rotatable bonds is 5. The van der Waals surface area contributed by atoms with E-state index in [4.69, 9.17) is 0 Å². The number of amides is 3. The quantitative estimate of drug-likeness (QED) is 0.846. The lowest BCUT2D eigenvalue weighted by molar-refractivity contribution is -0.138. The van der Waals surface area contributed by atoms with E-state index >= 15 is 0 Å². The Balaban J connectivity index is 1.86. The first-order valence-corrected chi connectivity index (χ1v) is 9.22. The molecule has 2 N–H and O–H groups in total. The van der Waals surface area contributed by atoms with Crippen LogP contribution in [0, 0.1) is 25.7 Å². The van der Waals surface area contributed by atoms with Gasteiger partial charge in [0.05, 0.1) is 12.5 Å². The predicted octanol–water partition coefficient (Wildman–Crippen LogP) is 2.25. The minimum Gasteiger partial charge on any atom is -0.347 e. The molecule has 3 amide bonds. The second-order valence-corrected chi connectivity index (χ2v) is 7.31. The van der Waals surface area contributed by atoms with Crippen molar-refractivity contribution in [3.05, 3.63) is 29.3 Å². The summed E-state index contributed by atoms with van der Waals surface area (Å²) in [5.74, 6) is -0.653. The van der Waals surface area contributed by atoms with E-state index < -0.39 is 0 Å². The summed E-state index contributed by atoms with van der Waals surface area (Å²) in [4.78, 5) is 38.5. The smallest absolute Gasteiger partial charge is 0.243 e. The van der Waals surface area contributed by atoms with Gasteiger partial charge in [0.25, 0.3) is 0 Å². The second kappa shape index (κ2) is 8.83. The van der Waals surface area contributed by atoms with Gasteiger partial charge in [-0.3, -0.25) is 14.4 Å². The molecule has 1 unspecified atom stereocenters. The first-order chi connectivity index (χ1) is 12.3. The van der Waals surface area contributed by atoms with E-state index in [1.54, 1.807) is 4.90 Å². The summed E-state index contributed by atoms with van der Waals surface area (Å²) >= 11 is 0. The zero-order valence-corrected chi connectivity index (χ0v) is 16.1. The normalized spacial score (nSPS) is 17.1. The maximum absolute atomic E-state index is 12.4. The molecule has 2 rings (SSSR count). The molecule has 0 spiro atoms. The van der Waals surface area contributed by atoms with Gasteiger partial charge < -0.3 is 15.5 Å². The minimum atomic E-state index is -0.251. The van der Waals surface area contributed by atoms with Crippen molar-refractivity contribution in [2.24, 2.45) is 11.8 Å². The molecule has 1 aliphatic heterocycles. The number of anilines is 1. The highest BCUT2D eigenvalue weighted by atomic mass is 16.2. The predicted molar refractivity (Wildman–Crippen MR) is 102 cm³/mol. The summed E-state index contributed by atoms with van der Waals surface area (Å²) in [7, 11) is 0. The monoisotopic (exact) mass is 359 g/mol. The van der Waals surface area contributed by atoms with Crippen molar-refractivity contribution in [2.45, 2.75) is 40.5 Å². The Bertz CT molecular complexity index is 665. The first-order valence-electron chi connectivity index (χ1n) is 9.22. The highest BCUT2D eigenvalue weighted by Gasteiger charge is 2.29. The van der Waals surface area contributed by atoms with Crippen molar-refractivity contribution in [3.8, 4) is 0 Å². The molecule has 1 heterocycles. The van der Waals surface area contributed by atoms with Crippen molar-refractivity contribution in [1.82, 2.24) is 10.2 Å². The van der Waals surface area contributed by atoms with Gasteiger partial charge in [0.1, 0.15) is 0 Å². The SMILES string of the molecule is Cc1cccc(C)c1NC(=O)CNC(=O)C1CCCN(C(=O)C(C)C)C1. The lowest BCUT2D eigenvalue weighted by Crippen LogP contribution is -2.47. The van der Waals surface area contributed by atoms with Crippen LogP contribution in [-0.4, -0.2) is 42.3 Å². The van der Waals surface area contributed by atoms with E-state index in [0.29, 0.717) is 13.1 Å². The molecule has 0 bridgehead atoms. The number of aryl methyl sites for hydroxylation is 2. The molecule has 1 aromatic rings. The van der Waals surface area contributed by atoms with Crippen LogP contribution in [0.1, 0.15) is 37.8 Å². The van der Waals surface area contributed by atoms with Crippen LogP contribution in [0.4, 0.5) is 5.69 Å². The third-order valence-corrected chi connectivity index (χ3v) is 4.77. The average molecular weight is 359 g/mol. The summed E-state index contributed by atoms with van der Waals surface area (Å²) < 4.78 is 0. The Labute approximate surface area is 155 Å². The van der Waals surface area contributed by atoms with Crippen LogP contribution in [-0.2, 0) is 14.4 Å². The molecule has 1 atom stereocenters. The number of nitrogens with zero attached hydrogens (tertiary/aromatic N) is 1. The molecule has 1 aromatic carbocycles. The Hall–Kier alpha value is -2.37. The molecule has 1 saturated heterocycles. The van der Waals surface area contributed by atoms with E-state index in [1.165, 1.54) is 0 Å². The summed E-state index contributed by atoms with van der Waals surface area (Å²) in [6.07, 6.45) is 1.55. The number of carbonyl (C=O) groups excluding carboxylic acids is 3. The molecule has 6 heteroatoms. The molecule has 1 aliphatic rings. The summed E-state index contributed by atoms with van der Waals surface area (Å²) in [5, 5.41) is 5.57. The van der Waals surface area contributed by atoms with E-state index in [-0.39, 0.29) is 36.1 Å². The molecule has 6 nitrogen and oxygen atoms in total. The number of para-hydroxylation sites is 1. The molecular formula is C20H29N3O3. The number of piperidine rings is 1. The van der Waals surface area contributed by atoms with Crippen molar-refractivity contribution < 1.29 is 14.4 Å². The third kappa shape index (κ3) is 5.07. The van der Waals surface area contributed by atoms with Crippen LogP contribution in [0.5, 0.6) is 0 Å². The van der Waals surface area contributed by atoms with Crippen molar-refractivity contribution >= 4 is 23.4 Å². The van der Waals surface area contributed by atoms with Gasteiger partial charge in [-0.25, -0.2) is 0 Å². The molecule has 142 valence electrons. The lowest BCUT2D eigenvalue weighted by Gasteiger charge is -2.33. The van der Waals surface area contributed by atoms with Gasteiger partial charge in [-0.2, -0.15) is 0 Å². The minimum absolute atomic E-state index is 0.0682. The fraction of sp³-hybridized carbons (Fsp3) is 0.550. The zero-order valence-electron chi connectivity index (χ0n) is 16.1. The summed E-state index contributed by atoms with van der Waals surface area (Å²) in [5.41, 5.74) is 2.76. The number of benzene rings is 1. The van der Waals surface area contributed by atoms with Crippen LogP contribution < -0.4 is 10.6 Å². The number of likely N-dealkylation sites (tertiary alicyclic amines) is 1. The fourth-order valence-electron chi connectivity index (χ4n) is 3.26. The van der Waals surface area contributed by atoms with E-state index in [9.17, 15) is 14.4 Å². The van der Waals surface area contributed by atoms with Crippen LogP contribution in [0.3, 0.4) is 0 Å². The maximum atomic E-state index is 12.4. The third-order valence-electron chi connectivity index (χ3n) is 4.77. The van der Waals surface area contributed by atoms with Crippen LogP contribution >= 0.6 is 0 Å². The highest BCUT2D eigenvalue weighted by molar-refractivity contribution is 5.96. The van der Waals surface area contributed by atoms with Gasteiger partial charge in [-0.15, -0.1) is 0 Å². The van der Waals surface area contributed by atoms with E-state index in [2.05, 4.69) is 10.6 Å². The van der Waals surface area contributed by atoms with Gasteiger partial charge in [0.2, 0.25) is 17.7 Å². The van der Waals surface area contributed by atoms with Crippen LogP contribution in [0.2, 0.25) is 0 Å². The molecule has 26 heavy (non-hydrogen) atoms. The Kier molecular flexibility index (Phi) is 6.77. The largest absolute Gasteiger partial charge is 0.347 e. The van der Waals surface area contributed by atoms with Crippen molar-refractivity contribution in [1.29, 1.82) is 0 Å². The molecular weight excluding hydrogens is 330 g/mol. The van der Waals surface area contributed by atoms with Gasteiger partial charge in [-0.05, 0) is 37.8 Å². The van der Waals surface area contributed by atoms with Crippen molar-refractivity contribution in [2.75, 3.05) is 25.0 Å². The molecule has 0 aromatic heterocycles. The van der Waals surface area contributed by atoms with Gasteiger partial charge in [0, 0.05) is 24.7 Å². The first kappa shape index (κ1) is 19.9. The Morgan fingerprint density at radius 3 is 2.46 bits per heavy atom. The molecule has 0 radical (unpaired) electrons. The van der Waals surface area contributed by atoms with Crippen LogP contribution in [0.15, 0.2) is 18.2 Å². The number of carbonyl (C=O) groups is 3. The zero-order chi connectivity index (χ0) is 19.3. The standard InChI is InChI=1S/C20H29N3O3/c1-13(2)20(26)23-10-6-9-16(12-23)19(25)21-11-17(24)22-18-14(3)7-5-8-15(18)4/h5,7-8,13,16H,6,9-12H2,1-4H3,(H,21,25)(H,22,24). The van der Waals surface area contributed by atoms with Gasteiger partial charge >= 0.3 is 0 Å². The van der Waals surface area contributed by atoms with E-state index in [1.807, 2.05) is 45.9 Å². The Morgan fingerprint density at radius 1 is 1.19 bits per heavy atom. The fourth-order valence-corrected chi connectivity index (χ4v) is 3.26. The molecule has 0 aliphatic carbocycles. The molecule has 0 saturated carbocycles. The molecule has 1 fully saturated rings. The van der Waals surface area contributed by atoms with E-state index in [0.717, 1.165) is 29.7 Å². The second-order valence-electron chi connectivity index (χ2n) is 7.31. The highest BCUT2D eigenvalue weighted by Crippen LogP contribution is 2.20. The maximum Gasteiger partial charge on any atom is 0.243 e. The van der Waals surface area contributed by atoms with Gasteiger partial charge in [-0.1, -0.05) is 32.0 Å². The average Bonchev–Trinajstić information content (AvgIpc) is 2.62. The summed E-state index contributed by atoms with van der Waals surface area (Å²) in [6, 6.07) is 5.81. The topological polar surface area (TPSA) is 78.5 Å². The van der Waals surface area contributed by atoms with Crippen molar-refractivity contribution in [3.63, 3.8) is 0 Å². The summed E-state index contributed by atoms with van der Waals surface area (Å²) in [6.45, 7) is 8.66. The Morgan fingerprint density at radius 2 is 1.85 bits per heavy atom.